The van der Waals surface area contributed by atoms with E-state index in [0.29, 0.717) is 17.0 Å². The van der Waals surface area contributed by atoms with Crippen LogP contribution in [0, 0.1) is 0 Å². The van der Waals surface area contributed by atoms with Crippen LogP contribution in [0.3, 0.4) is 0 Å². The molecule has 3 N–H and O–H groups in total. The lowest BCUT2D eigenvalue weighted by atomic mass is 10.0. The molecule has 0 aliphatic rings. The van der Waals surface area contributed by atoms with Crippen molar-refractivity contribution in [3.05, 3.63) is 36.2 Å². The van der Waals surface area contributed by atoms with Crippen LogP contribution < -0.4 is 5.32 Å². The quantitative estimate of drug-likeness (QED) is 0.721. The van der Waals surface area contributed by atoms with Gasteiger partial charge in [0.15, 0.2) is 0 Å². The van der Waals surface area contributed by atoms with E-state index < -0.39 is 5.54 Å². The van der Waals surface area contributed by atoms with Crippen LogP contribution in [0.5, 0.6) is 0 Å². The summed E-state index contributed by atoms with van der Waals surface area (Å²) in [5, 5.41) is 28.2. The van der Waals surface area contributed by atoms with Crippen molar-refractivity contribution >= 4 is 5.91 Å². The lowest BCUT2D eigenvalue weighted by Gasteiger charge is -2.26. The Morgan fingerprint density at radius 3 is 2.45 bits per heavy atom. The van der Waals surface area contributed by atoms with Crippen molar-refractivity contribution in [1.82, 2.24) is 15.5 Å². The Kier molecular flexibility index (Phi) is 4.11. The van der Waals surface area contributed by atoms with Gasteiger partial charge in [0.05, 0.1) is 18.8 Å². The van der Waals surface area contributed by atoms with Crippen molar-refractivity contribution in [3.8, 4) is 11.5 Å². The van der Waals surface area contributed by atoms with Crippen LogP contribution in [0.25, 0.3) is 11.5 Å². The molecule has 1 amide bonds. The number of amides is 1. The van der Waals surface area contributed by atoms with Crippen LogP contribution >= 0.6 is 0 Å². The molecule has 2 aromatic rings. The van der Waals surface area contributed by atoms with Crippen LogP contribution in [-0.4, -0.2) is 45.1 Å². The summed E-state index contributed by atoms with van der Waals surface area (Å²) in [4.78, 5) is 12.0. The summed E-state index contributed by atoms with van der Waals surface area (Å²) in [5.74, 6) is -0.0137. The van der Waals surface area contributed by atoms with Crippen molar-refractivity contribution in [2.75, 3.05) is 13.2 Å². The van der Waals surface area contributed by atoms with Gasteiger partial charge >= 0.3 is 0 Å². The number of rotatable bonds is 5. The van der Waals surface area contributed by atoms with Gasteiger partial charge in [-0.25, -0.2) is 0 Å². The Hall–Kier alpha value is -2.25. The minimum atomic E-state index is -1.05. The molecule has 0 fully saturated rings. The molecule has 2 rings (SSSR count). The van der Waals surface area contributed by atoms with E-state index in [2.05, 4.69) is 15.5 Å². The second-order valence-electron chi connectivity index (χ2n) is 4.65. The molecule has 0 aliphatic heterocycles. The zero-order valence-corrected chi connectivity index (χ0v) is 10.9. The summed E-state index contributed by atoms with van der Waals surface area (Å²) in [5.41, 5.74) is 0.0509. The minimum absolute atomic E-state index is 0.352. The van der Waals surface area contributed by atoms with Gasteiger partial charge in [0.1, 0.15) is 0 Å². The molecule has 0 saturated heterocycles. The van der Waals surface area contributed by atoms with Gasteiger partial charge in [0.2, 0.25) is 12.3 Å². The zero-order chi connectivity index (χ0) is 14.6. The van der Waals surface area contributed by atoms with Crippen LogP contribution in [0.15, 0.2) is 35.1 Å². The van der Waals surface area contributed by atoms with E-state index in [0.717, 1.165) is 0 Å². The number of hydrogen-bond donors (Lipinski definition) is 3. The SMILES string of the molecule is CC(CO)(CO)NC(=O)c1ccc(-c2nnco2)cc1. The number of hydrogen-bond acceptors (Lipinski definition) is 6. The molecule has 20 heavy (non-hydrogen) atoms. The fourth-order valence-electron chi connectivity index (χ4n) is 1.54. The topological polar surface area (TPSA) is 108 Å². The van der Waals surface area contributed by atoms with Crippen LogP contribution in [0.4, 0.5) is 0 Å². The highest BCUT2D eigenvalue weighted by Gasteiger charge is 2.25. The van der Waals surface area contributed by atoms with Crippen LogP contribution in [0.2, 0.25) is 0 Å². The molecule has 0 spiro atoms. The van der Waals surface area contributed by atoms with Crippen LogP contribution in [-0.2, 0) is 0 Å². The Balaban J connectivity index is 2.12. The molecule has 0 bridgehead atoms. The third-order valence-electron chi connectivity index (χ3n) is 2.87. The van der Waals surface area contributed by atoms with E-state index >= 15 is 0 Å². The molecule has 1 aromatic heterocycles. The molecule has 7 heteroatoms. The van der Waals surface area contributed by atoms with E-state index in [9.17, 15) is 4.79 Å². The maximum Gasteiger partial charge on any atom is 0.251 e. The zero-order valence-electron chi connectivity index (χ0n) is 10.9. The van der Waals surface area contributed by atoms with E-state index in [-0.39, 0.29) is 19.1 Å². The van der Waals surface area contributed by atoms with E-state index in [1.807, 2.05) is 0 Å². The Morgan fingerprint density at radius 2 is 1.95 bits per heavy atom. The predicted octanol–water partition coefficient (Wildman–Crippen LogP) is 0.210. The third kappa shape index (κ3) is 3.01. The first-order valence-corrected chi connectivity index (χ1v) is 5.99. The Morgan fingerprint density at radius 1 is 1.30 bits per heavy atom. The monoisotopic (exact) mass is 277 g/mol. The molecular formula is C13H15N3O4. The van der Waals surface area contributed by atoms with Crippen molar-refractivity contribution in [1.29, 1.82) is 0 Å². The average Bonchev–Trinajstić information content (AvgIpc) is 3.01. The van der Waals surface area contributed by atoms with Crippen molar-refractivity contribution in [2.24, 2.45) is 0 Å². The first-order chi connectivity index (χ1) is 9.58. The second kappa shape index (κ2) is 5.81. The molecule has 7 nitrogen and oxygen atoms in total. The number of nitrogens with zero attached hydrogens (tertiary/aromatic N) is 2. The van der Waals surface area contributed by atoms with Gasteiger partial charge in [0.25, 0.3) is 5.91 Å². The molecule has 1 heterocycles. The van der Waals surface area contributed by atoms with Gasteiger partial charge in [-0.3, -0.25) is 4.79 Å². The highest BCUT2D eigenvalue weighted by Crippen LogP contribution is 2.17. The summed E-state index contributed by atoms with van der Waals surface area (Å²) in [6, 6.07) is 6.56. The van der Waals surface area contributed by atoms with Gasteiger partial charge < -0.3 is 19.9 Å². The standard InChI is InChI=1S/C13H15N3O4/c1-13(6-17,7-18)15-11(19)9-2-4-10(5-3-9)12-16-14-8-20-12/h2-5,8,17-18H,6-7H2,1H3,(H,15,19). The maximum absolute atomic E-state index is 12.0. The summed E-state index contributed by atoms with van der Waals surface area (Å²) in [6.45, 7) is 0.850. The minimum Gasteiger partial charge on any atom is -0.423 e. The maximum atomic E-state index is 12.0. The van der Waals surface area contributed by atoms with Gasteiger partial charge in [-0.05, 0) is 31.2 Å². The molecule has 0 saturated carbocycles. The van der Waals surface area contributed by atoms with Crippen molar-refractivity contribution in [3.63, 3.8) is 0 Å². The van der Waals surface area contributed by atoms with Gasteiger partial charge in [0, 0.05) is 11.1 Å². The number of benzene rings is 1. The average molecular weight is 277 g/mol. The fraction of sp³-hybridized carbons (Fsp3) is 0.308. The number of carbonyl (C=O) groups excluding carboxylic acids is 1. The number of nitrogens with one attached hydrogen (secondary N) is 1. The first-order valence-electron chi connectivity index (χ1n) is 5.99. The largest absolute Gasteiger partial charge is 0.423 e. The van der Waals surface area contributed by atoms with E-state index in [4.69, 9.17) is 14.6 Å². The van der Waals surface area contributed by atoms with Crippen molar-refractivity contribution < 1.29 is 19.4 Å². The molecule has 0 atom stereocenters. The number of aliphatic hydroxyl groups is 2. The van der Waals surface area contributed by atoms with Gasteiger partial charge in [-0.15, -0.1) is 10.2 Å². The summed E-state index contributed by atoms with van der Waals surface area (Å²) in [7, 11) is 0. The van der Waals surface area contributed by atoms with Crippen LogP contribution in [0.1, 0.15) is 17.3 Å². The van der Waals surface area contributed by atoms with E-state index in [1.54, 1.807) is 31.2 Å². The Bertz CT molecular complexity index is 562. The second-order valence-corrected chi connectivity index (χ2v) is 4.65. The smallest absolute Gasteiger partial charge is 0.251 e. The lowest BCUT2D eigenvalue weighted by Crippen LogP contribution is -2.51. The van der Waals surface area contributed by atoms with E-state index in [1.165, 1.54) is 6.39 Å². The molecular weight excluding hydrogens is 262 g/mol. The summed E-state index contributed by atoms with van der Waals surface area (Å²) < 4.78 is 5.05. The summed E-state index contributed by atoms with van der Waals surface area (Å²) >= 11 is 0. The number of aliphatic hydroxyl groups excluding tert-OH is 2. The van der Waals surface area contributed by atoms with Crippen molar-refractivity contribution in [2.45, 2.75) is 12.5 Å². The first kappa shape index (κ1) is 14.2. The highest BCUT2D eigenvalue weighted by molar-refractivity contribution is 5.95. The third-order valence-corrected chi connectivity index (χ3v) is 2.87. The van der Waals surface area contributed by atoms with Gasteiger partial charge in [-0.1, -0.05) is 0 Å². The molecule has 1 aromatic carbocycles. The number of carbonyl (C=O) groups is 1. The lowest BCUT2D eigenvalue weighted by molar-refractivity contribution is 0.0724. The highest BCUT2D eigenvalue weighted by atomic mass is 16.4. The summed E-state index contributed by atoms with van der Waals surface area (Å²) in [6.07, 6.45) is 1.23. The Labute approximate surface area is 115 Å². The molecule has 0 radical (unpaired) electrons. The molecule has 0 unspecified atom stereocenters. The molecule has 106 valence electrons. The predicted molar refractivity (Wildman–Crippen MR) is 69.8 cm³/mol. The number of aromatic nitrogens is 2. The fourth-order valence-corrected chi connectivity index (χ4v) is 1.54. The molecule has 0 aliphatic carbocycles. The van der Waals surface area contributed by atoms with Gasteiger partial charge in [-0.2, -0.15) is 0 Å². The normalized spacial score (nSPS) is 11.3.